The Bertz CT molecular complexity index is 422. The minimum Gasteiger partial charge on any atom is -0.396 e. The monoisotopic (exact) mass is 304 g/mol. The molecule has 0 fully saturated rings. The molecule has 2 rings (SSSR count). The van der Waals surface area contributed by atoms with Crippen LogP contribution in [0.1, 0.15) is 39.2 Å². The first-order valence-electron chi connectivity index (χ1n) is 7.70. The van der Waals surface area contributed by atoms with Gasteiger partial charge >= 0.3 is 0 Å². The van der Waals surface area contributed by atoms with Crippen molar-refractivity contribution in [1.82, 2.24) is 0 Å². The molecule has 21 heavy (non-hydrogen) atoms. The maximum Gasteiger partial charge on any atom is 0.0502 e. The lowest BCUT2D eigenvalue weighted by Gasteiger charge is -2.32. The predicted molar refractivity (Wildman–Crippen MR) is 93.8 cm³/mol. The first kappa shape index (κ1) is 17.9. The SMILES string of the molecule is CC(C)C(C(C)C)C(CO)c1ccccc1.c1ccsc1. The number of thiophene rings is 1. The summed E-state index contributed by atoms with van der Waals surface area (Å²) in [6.45, 7) is 9.23. The van der Waals surface area contributed by atoms with E-state index in [1.165, 1.54) is 5.56 Å². The maximum atomic E-state index is 9.65. The molecular weight excluding hydrogens is 276 g/mol. The van der Waals surface area contributed by atoms with Gasteiger partial charge in [0.05, 0.1) is 6.61 Å². The van der Waals surface area contributed by atoms with Crippen molar-refractivity contribution in [2.75, 3.05) is 6.61 Å². The second-order valence-electron chi connectivity index (χ2n) is 6.06. The molecule has 0 bridgehead atoms. The van der Waals surface area contributed by atoms with Gasteiger partial charge < -0.3 is 5.11 Å². The summed E-state index contributed by atoms with van der Waals surface area (Å²) in [5, 5.41) is 13.7. The number of rotatable bonds is 5. The van der Waals surface area contributed by atoms with Crippen LogP contribution in [0.3, 0.4) is 0 Å². The van der Waals surface area contributed by atoms with Gasteiger partial charge in [-0.3, -0.25) is 0 Å². The van der Waals surface area contributed by atoms with Gasteiger partial charge in [-0.25, -0.2) is 0 Å². The van der Waals surface area contributed by atoms with E-state index in [0.29, 0.717) is 17.8 Å². The van der Waals surface area contributed by atoms with Crippen LogP contribution in [0.15, 0.2) is 53.2 Å². The van der Waals surface area contributed by atoms with E-state index >= 15 is 0 Å². The fourth-order valence-electron chi connectivity index (χ4n) is 3.08. The molecule has 0 aliphatic rings. The quantitative estimate of drug-likeness (QED) is 0.780. The van der Waals surface area contributed by atoms with Gasteiger partial charge in [0, 0.05) is 5.92 Å². The van der Waals surface area contributed by atoms with E-state index in [1.807, 2.05) is 29.0 Å². The smallest absolute Gasteiger partial charge is 0.0502 e. The van der Waals surface area contributed by atoms with Crippen LogP contribution in [-0.2, 0) is 0 Å². The third-order valence-corrected chi connectivity index (χ3v) is 4.48. The lowest BCUT2D eigenvalue weighted by atomic mass is 9.73. The standard InChI is InChI=1S/C15H24O.C4H4S/c1-11(2)15(12(3)4)14(10-16)13-8-6-5-7-9-13;1-2-4-5-3-1/h5-9,11-12,14-16H,10H2,1-4H3;1-4H. The number of aliphatic hydroxyl groups excluding tert-OH is 1. The van der Waals surface area contributed by atoms with Crippen LogP contribution in [-0.4, -0.2) is 11.7 Å². The molecule has 1 heterocycles. The van der Waals surface area contributed by atoms with E-state index in [4.69, 9.17) is 0 Å². The summed E-state index contributed by atoms with van der Waals surface area (Å²) in [5.41, 5.74) is 1.26. The Hall–Kier alpha value is -1.12. The van der Waals surface area contributed by atoms with E-state index in [-0.39, 0.29) is 12.5 Å². The second-order valence-corrected chi connectivity index (χ2v) is 6.87. The summed E-state index contributed by atoms with van der Waals surface area (Å²) < 4.78 is 0. The highest BCUT2D eigenvalue weighted by molar-refractivity contribution is 7.07. The fourth-order valence-corrected chi connectivity index (χ4v) is 3.53. The normalized spacial score (nSPS) is 12.4. The van der Waals surface area contributed by atoms with E-state index in [1.54, 1.807) is 11.3 Å². The summed E-state index contributed by atoms with van der Waals surface area (Å²) in [6.07, 6.45) is 0. The number of hydrogen-bond donors (Lipinski definition) is 1. The van der Waals surface area contributed by atoms with E-state index in [9.17, 15) is 5.11 Å². The summed E-state index contributed by atoms with van der Waals surface area (Å²) in [7, 11) is 0. The van der Waals surface area contributed by atoms with E-state index in [0.717, 1.165) is 0 Å². The van der Waals surface area contributed by atoms with Crippen LogP contribution in [0.25, 0.3) is 0 Å². The molecule has 1 atom stereocenters. The highest BCUT2D eigenvalue weighted by atomic mass is 32.1. The van der Waals surface area contributed by atoms with Crippen LogP contribution in [0.5, 0.6) is 0 Å². The number of aliphatic hydroxyl groups is 1. The zero-order chi connectivity index (χ0) is 15.7. The Morgan fingerprint density at radius 1 is 0.857 bits per heavy atom. The fraction of sp³-hybridized carbons (Fsp3) is 0.474. The summed E-state index contributed by atoms with van der Waals surface area (Å²) in [4.78, 5) is 0. The molecule has 1 unspecified atom stereocenters. The number of hydrogen-bond acceptors (Lipinski definition) is 2. The molecule has 1 N–H and O–H groups in total. The Morgan fingerprint density at radius 2 is 1.38 bits per heavy atom. The third kappa shape index (κ3) is 6.03. The van der Waals surface area contributed by atoms with Crippen LogP contribution < -0.4 is 0 Å². The third-order valence-electron chi connectivity index (χ3n) is 3.85. The largest absolute Gasteiger partial charge is 0.396 e. The Kier molecular flexibility index (Phi) is 8.33. The highest BCUT2D eigenvalue weighted by Crippen LogP contribution is 2.35. The number of benzene rings is 1. The molecule has 0 radical (unpaired) electrons. The molecule has 0 aliphatic carbocycles. The van der Waals surface area contributed by atoms with Crippen molar-refractivity contribution < 1.29 is 5.11 Å². The second kappa shape index (κ2) is 9.75. The first-order valence-corrected chi connectivity index (χ1v) is 8.65. The van der Waals surface area contributed by atoms with E-state index < -0.39 is 0 Å². The van der Waals surface area contributed by atoms with Crippen LogP contribution >= 0.6 is 11.3 Å². The molecule has 1 aromatic heterocycles. The van der Waals surface area contributed by atoms with Crippen LogP contribution in [0, 0.1) is 17.8 Å². The van der Waals surface area contributed by atoms with Gasteiger partial charge in [0.2, 0.25) is 0 Å². The minimum atomic E-state index is 0.241. The summed E-state index contributed by atoms with van der Waals surface area (Å²) >= 11 is 1.71. The van der Waals surface area contributed by atoms with Gasteiger partial charge in [0.25, 0.3) is 0 Å². The molecule has 0 aliphatic heterocycles. The van der Waals surface area contributed by atoms with Crippen molar-refractivity contribution in [2.24, 2.45) is 17.8 Å². The van der Waals surface area contributed by atoms with Gasteiger partial charge in [-0.1, -0.05) is 70.2 Å². The van der Waals surface area contributed by atoms with Crippen molar-refractivity contribution >= 4 is 11.3 Å². The van der Waals surface area contributed by atoms with Crippen molar-refractivity contribution in [3.8, 4) is 0 Å². The molecule has 1 aromatic carbocycles. The minimum absolute atomic E-state index is 0.241. The molecular formula is C19H28OS. The zero-order valence-electron chi connectivity index (χ0n) is 13.6. The van der Waals surface area contributed by atoms with Crippen molar-refractivity contribution in [2.45, 2.75) is 33.6 Å². The molecule has 0 spiro atoms. The Balaban J connectivity index is 0.000000369. The Morgan fingerprint density at radius 3 is 1.71 bits per heavy atom. The molecule has 0 saturated carbocycles. The molecule has 0 amide bonds. The average molecular weight is 304 g/mol. The zero-order valence-corrected chi connectivity index (χ0v) is 14.4. The summed E-state index contributed by atoms with van der Waals surface area (Å²) in [5.74, 6) is 1.99. The van der Waals surface area contributed by atoms with Gasteiger partial charge in [-0.15, -0.1) is 0 Å². The topological polar surface area (TPSA) is 20.2 Å². The van der Waals surface area contributed by atoms with Crippen molar-refractivity contribution in [1.29, 1.82) is 0 Å². The predicted octanol–water partition coefficient (Wildman–Crippen LogP) is 5.44. The lowest BCUT2D eigenvalue weighted by Crippen LogP contribution is -2.26. The maximum absolute atomic E-state index is 9.65. The lowest BCUT2D eigenvalue weighted by molar-refractivity contribution is 0.161. The average Bonchev–Trinajstić information content (AvgIpc) is 3.04. The Labute approximate surface area is 133 Å². The first-order chi connectivity index (χ1) is 10.1. The highest BCUT2D eigenvalue weighted by Gasteiger charge is 2.27. The van der Waals surface area contributed by atoms with Crippen molar-refractivity contribution in [3.05, 3.63) is 58.8 Å². The van der Waals surface area contributed by atoms with Gasteiger partial charge in [-0.05, 0) is 34.1 Å². The van der Waals surface area contributed by atoms with Crippen LogP contribution in [0.2, 0.25) is 0 Å². The van der Waals surface area contributed by atoms with Gasteiger partial charge in [-0.2, -0.15) is 11.3 Å². The molecule has 2 aromatic rings. The van der Waals surface area contributed by atoms with E-state index in [2.05, 4.69) is 52.0 Å². The molecule has 2 heteroatoms. The molecule has 116 valence electrons. The summed E-state index contributed by atoms with van der Waals surface area (Å²) in [6, 6.07) is 14.4. The van der Waals surface area contributed by atoms with Gasteiger partial charge in [0.1, 0.15) is 0 Å². The molecule has 0 saturated heterocycles. The van der Waals surface area contributed by atoms with Crippen LogP contribution in [0.4, 0.5) is 0 Å². The molecule has 1 nitrogen and oxygen atoms in total. The van der Waals surface area contributed by atoms with Gasteiger partial charge in [0.15, 0.2) is 0 Å². The van der Waals surface area contributed by atoms with Crippen molar-refractivity contribution in [3.63, 3.8) is 0 Å².